The Morgan fingerprint density at radius 2 is 1.82 bits per heavy atom. The van der Waals surface area contributed by atoms with Crippen molar-refractivity contribution in [2.45, 2.75) is 57.4 Å². The molecule has 0 unspecified atom stereocenters. The molecule has 22 heavy (non-hydrogen) atoms. The molecule has 0 bridgehead atoms. The standard InChI is InChI=1S/C18H26N2O2/c1-14-8-4-5-9-15(14)10-11-16(21)20-18(17(22)19-2)12-6-3-7-13-18/h4-5,8-9H,3,6-7,10-13H2,1-2H3,(H,19,22)(H,20,21). The highest BCUT2D eigenvalue weighted by molar-refractivity contribution is 5.91. The fourth-order valence-electron chi connectivity index (χ4n) is 3.27. The highest BCUT2D eigenvalue weighted by Gasteiger charge is 2.39. The summed E-state index contributed by atoms with van der Waals surface area (Å²) < 4.78 is 0. The molecule has 0 spiro atoms. The Kier molecular flexibility index (Phi) is 5.58. The van der Waals surface area contributed by atoms with E-state index in [0.717, 1.165) is 32.1 Å². The molecule has 0 radical (unpaired) electrons. The zero-order valence-corrected chi connectivity index (χ0v) is 13.6. The Bertz CT molecular complexity index is 534. The molecule has 0 aromatic heterocycles. The van der Waals surface area contributed by atoms with Crippen LogP contribution in [0.25, 0.3) is 0 Å². The maximum Gasteiger partial charge on any atom is 0.245 e. The first-order chi connectivity index (χ1) is 10.6. The van der Waals surface area contributed by atoms with Gasteiger partial charge in [0.1, 0.15) is 5.54 Å². The molecule has 4 heteroatoms. The average molecular weight is 302 g/mol. The Balaban J connectivity index is 1.97. The molecule has 1 fully saturated rings. The number of aryl methyl sites for hydroxylation is 2. The molecular weight excluding hydrogens is 276 g/mol. The van der Waals surface area contributed by atoms with E-state index in [2.05, 4.69) is 29.7 Å². The van der Waals surface area contributed by atoms with Gasteiger partial charge in [-0.25, -0.2) is 0 Å². The van der Waals surface area contributed by atoms with Crippen molar-refractivity contribution in [2.75, 3.05) is 7.05 Å². The van der Waals surface area contributed by atoms with Crippen molar-refractivity contribution in [3.63, 3.8) is 0 Å². The molecule has 4 nitrogen and oxygen atoms in total. The van der Waals surface area contributed by atoms with E-state index in [-0.39, 0.29) is 11.8 Å². The molecule has 1 aliphatic carbocycles. The molecule has 120 valence electrons. The van der Waals surface area contributed by atoms with E-state index in [4.69, 9.17) is 0 Å². The monoisotopic (exact) mass is 302 g/mol. The first-order valence-corrected chi connectivity index (χ1v) is 8.15. The number of amides is 2. The van der Waals surface area contributed by atoms with Crippen molar-refractivity contribution in [1.29, 1.82) is 0 Å². The first-order valence-electron chi connectivity index (χ1n) is 8.15. The molecule has 2 N–H and O–H groups in total. The van der Waals surface area contributed by atoms with Crippen LogP contribution in [0.3, 0.4) is 0 Å². The van der Waals surface area contributed by atoms with Gasteiger partial charge >= 0.3 is 0 Å². The van der Waals surface area contributed by atoms with Crippen LogP contribution in [0.15, 0.2) is 24.3 Å². The largest absolute Gasteiger partial charge is 0.357 e. The zero-order chi connectivity index (χ0) is 16.0. The van der Waals surface area contributed by atoms with Crippen LogP contribution >= 0.6 is 0 Å². The molecular formula is C18H26N2O2. The lowest BCUT2D eigenvalue weighted by Crippen LogP contribution is -2.59. The van der Waals surface area contributed by atoms with Gasteiger partial charge in [-0.2, -0.15) is 0 Å². The summed E-state index contributed by atoms with van der Waals surface area (Å²) in [6, 6.07) is 8.10. The smallest absolute Gasteiger partial charge is 0.245 e. The number of likely N-dealkylation sites (N-methyl/N-ethyl adjacent to an activating group) is 1. The van der Waals surface area contributed by atoms with Crippen molar-refractivity contribution in [3.05, 3.63) is 35.4 Å². The topological polar surface area (TPSA) is 58.2 Å². The van der Waals surface area contributed by atoms with Crippen molar-refractivity contribution in [2.24, 2.45) is 0 Å². The van der Waals surface area contributed by atoms with Crippen LogP contribution in [0.5, 0.6) is 0 Å². The SMILES string of the molecule is CNC(=O)C1(NC(=O)CCc2ccccc2C)CCCCC1. The Labute approximate surface area is 132 Å². The highest BCUT2D eigenvalue weighted by atomic mass is 16.2. The van der Waals surface area contributed by atoms with Gasteiger partial charge in [-0.3, -0.25) is 9.59 Å². The minimum absolute atomic E-state index is 0.0336. The third kappa shape index (κ3) is 3.87. The van der Waals surface area contributed by atoms with Gasteiger partial charge in [-0.05, 0) is 37.3 Å². The summed E-state index contributed by atoms with van der Waals surface area (Å²) in [6.45, 7) is 2.06. The zero-order valence-electron chi connectivity index (χ0n) is 13.6. The third-order valence-corrected chi connectivity index (χ3v) is 4.63. The molecule has 1 aliphatic rings. The minimum Gasteiger partial charge on any atom is -0.357 e. The van der Waals surface area contributed by atoms with E-state index >= 15 is 0 Å². The van der Waals surface area contributed by atoms with Crippen LogP contribution in [0.1, 0.15) is 49.7 Å². The summed E-state index contributed by atoms with van der Waals surface area (Å²) in [5, 5.41) is 5.73. The summed E-state index contributed by atoms with van der Waals surface area (Å²) in [5.41, 5.74) is 1.69. The number of rotatable bonds is 5. The molecule has 1 aromatic rings. The molecule has 2 amide bonds. The van der Waals surface area contributed by atoms with Gasteiger partial charge in [0.25, 0.3) is 0 Å². The number of nitrogens with one attached hydrogen (secondary N) is 2. The van der Waals surface area contributed by atoms with Crippen molar-refractivity contribution < 1.29 is 9.59 Å². The van der Waals surface area contributed by atoms with Crippen LogP contribution < -0.4 is 10.6 Å². The summed E-state index contributed by atoms with van der Waals surface area (Å²) in [5.74, 6) is -0.0924. The maximum absolute atomic E-state index is 12.3. The molecule has 0 heterocycles. The fraction of sp³-hybridized carbons (Fsp3) is 0.556. The summed E-state index contributed by atoms with van der Waals surface area (Å²) in [6.07, 6.45) is 5.73. The van der Waals surface area contributed by atoms with E-state index in [1.807, 2.05) is 12.1 Å². The van der Waals surface area contributed by atoms with Crippen LogP contribution in [-0.4, -0.2) is 24.4 Å². The van der Waals surface area contributed by atoms with Crippen LogP contribution in [0.2, 0.25) is 0 Å². The fourth-order valence-corrected chi connectivity index (χ4v) is 3.27. The summed E-state index contributed by atoms with van der Waals surface area (Å²) in [7, 11) is 1.64. The quantitative estimate of drug-likeness (QED) is 0.878. The van der Waals surface area contributed by atoms with Crippen molar-refractivity contribution >= 4 is 11.8 Å². The van der Waals surface area contributed by atoms with Gasteiger partial charge < -0.3 is 10.6 Å². The van der Waals surface area contributed by atoms with Gasteiger partial charge in [0.15, 0.2) is 0 Å². The predicted molar refractivity (Wildman–Crippen MR) is 87.5 cm³/mol. The lowest BCUT2D eigenvalue weighted by atomic mass is 9.80. The van der Waals surface area contributed by atoms with Gasteiger partial charge in [0.2, 0.25) is 11.8 Å². The number of hydrogen-bond donors (Lipinski definition) is 2. The molecule has 1 aromatic carbocycles. The van der Waals surface area contributed by atoms with Crippen LogP contribution in [-0.2, 0) is 16.0 Å². The predicted octanol–water partition coefficient (Wildman–Crippen LogP) is 2.49. The Morgan fingerprint density at radius 1 is 1.14 bits per heavy atom. The van der Waals surface area contributed by atoms with E-state index in [1.54, 1.807) is 7.05 Å². The molecule has 1 saturated carbocycles. The first kappa shape index (κ1) is 16.5. The molecule has 0 aliphatic heterocycles. The lowest BCUT2D eigenvalue weighted by molar-refractivity contribution is -0.134. The van der Waals surface area contributed by atoms with E-state index in [9.17, 15) is 9.59 Å². The highest BCUT2D eigenvalue weighted by Crippen LogP contribution is 2.28. The average Bonchev–Trinajstić information content (AvgIpc) is 2.54. The third-order valence-electron chi connectivity index (χ3n) is 4.63. The number of benzene rings is 1. The van der Waals surface area contributed by atoms with Crippen molar-refractivity contribution in [3.8, 4) is 0 Å². The molecule has 0 saturated heterocycles. The Morgan fingerprint density at radius 3 is 2.45 bits per heavy atom. The summed E-state index contributed by atoms with van der Waals surface area (Å²) >= 11 is 0. The van der Waals surface area contributed by atoms with E-state index in [1.165, 1.54) is 11.1 Å². The summed E-state index contributed by atoms with van der Waals surface area (Å²) in [4.78, 5) is 24.6. The van der Waals surface area contributed by atoms with Gasteiger partial charge in [-0.1, -0.05) is 43.5 Å². The van der Waals surface area contributed by atoms with E-state index < -0.39 is 5.54 Å². The molecule has 2 rings (SSSR count). The Hall–Kier alpha value is -1.84. The lowest BCUT2D eigenvalue weighted by Gasteiger charge is -2.36. The second-order valence-corrected chi connectivity index (χ2v) is 6.20. The second-order valence-electron chi connectivity index (χ2n) is 6.20. The van der Waals surface area contributed by atoms with Crippen LogP contribution in [0.4, 0.5) is 0 Å². The number of carbonyl (C=O) groups is 2. The van der Waals surface area contributed by atoms with Gasteiger partial charge in [0, 0.05) is 13.5 Å². The van der Waals surface area contributed by atoms with Crippen molar-refractivity contribution in [1.82, 2.24) is 10.6 Å². The molecule has 0 atom stereocenters. The second kappa shape index (κ2) is 7.43. The number of carbonyl (C=O) groups excluding carboxylic acids is 2. The maximum atomic E-state index is 12.3. The number of hydrogen-bond acceptors (Lipinski definition) is 2. The minimum atomic E-state index is -0.699. The van der Waals surface area contributed by atoms with E-state index in [0.29, 0.717) is 12.8 Å². The van der Waals surface area contributed by atoms with Gasteiger partial charge in [0.05, 0.1) is 0 Å². The normalized spacial score (nSPS) is 16.8. The van der Waals surface area contributed by atoms with Crippen LogP contribution in [0, 0.1) is 6.92 Å². The van der Waals surface area contributed by atoms with Gasteiger partial charge in [-0.15, -0.1) is 0 Å².